The predicted molar refractivity (Wildman–Crippen MR) is 163 cm³/mol. The average molecular weight is 580 g/mol. The van der Waals surface area contributed by atoms with Crippen molar-refractivity contribution in [3.63, 3.8) is 0 Å². The van der Waals surface area contributed by atoms with Crippen molar-refractivity contribution in [1.82, 2.24) is 29.8 Å². The number of carbonyl (C=O) groups is 1. The molecule has 1 amide bonds. The highest BCUT2D eigenvalue weighted by Gasteiger charge is 2.39. The van der Waals surface area contributed by atoms with E-state index in [0.29, 0.717) is 44.2 Å². The number of nitrogens with one attached hydrogen (secondary N) is 2. The number of ether oxygens (including phenoxy) is 2. The number of aromatic nitrogens is 5. The second kappa shape index (κ2) is 11.9. The summed E-state index contributed by atoms with van der Waals surface area (Å²) in [5, 5.41) is 4.42. The Morgan fingerprint density at radius 2 is 1.77 bits per heavy atom. The summed E-state index contributed by atoms with van der Waals surface area (Å²) in [5.74, 6) is 6.79. The molecule has 1 aromatic carbocycles. The van der Waals surface area contributed by atoms with Crippen molar-refractivity contribution in [2.24, 2.45) is 0 Å². The van der Waals surface area contributed by atoms with Crippen LogP contribution in [0.2, 0.25) is 0 Å². The number of hydrogen-bond donors (Lipinski definition) is 2. The molecule has 2 unspecified atom stereocenters. The number of carbonyl (C=O) groups excluding carboxylic acids is 1. The lowest BCUT2D eigenvalue weighted by Crippen LogP contribution is -2.49. The molecule has 220 valence electrons. The van der Waals surface area contributed by atoms with Crippen LogP contribution < -0.4 is 15.1 Å². The fourth-order valence-corrected chi connectivity index (χ4v) is 6.08. The molecule has 0 saturated carbocycles. The normalized spacial score (nSPS) is 19.8. The van der Waals surface area contributed by atoms with Crippen LogP contribution in [0.5, 0.6) is 0 Å². The highest BCUT2D eigenvalue weighted by atomic mass is 16.5. The molecular weight excluding hydrogens is 546 g/mol. The van der Waals surface area contributed by atoms with E-state index >= 15 is 0 Å². The Balaban J connectivity index is 0.986. The smallest absolute Gasteiger partial charge is 0.298 e. The van der Waals surface area contributed by atoms with E-state index in [1.54, 1.807) is 30.7 Å². The van der Waals surface area contributed by atoms with Crippen LogP contribution in [-0.4, -0.2) is 101 Å². The minimum absolute atomic E-state index is 0.175. The SMILES string of the molecule is COCC#CC(=O)N1CCN(c2ncc(Nc3ccc(-c4cc5c(N6C7CCC6COC7)ncnc5[nH]4)cc3)cn2)CC1. The van der Waals surface area contributed by atoms with Crippen LogP contribution in [0, 0.1) is 11.8 Å². The Morgan fingerprint density at radius 3 is 2.49 bits per heavy atom. The molecule has 3 aliphatic heterocycles. The monoisotopic (exact) mass is 579 g/mol. The van der Waals surface area contributed by atoms with E-state index in [9.17, 15) is 4.79 Å². The summed E-state index contributed by atoms with van der Waals surface area (Å²) in [6.45, 7) is 4.23. The molecule has 2 bridgehead atoms. The van der Waals surface area contributed by atoms with Crippen LogP contribution in [0.15, 0.2) is 49.1 Å². The van der Waals surface area contributed by atoms with E-state index in [1.807, 2.05) is 12.1 Å². The second-order valence-corrected chi connectivity index (χ2v) is 11.0. The van der Waals surface area contributed by atoms with E-state index in [0.717, 1.165) is 65.5 Å². The molecule has 43 heavy (non-hydrogen) atoms. The van der Waals surface area contributed by atoms with Gasteiger partial charge in [0.2, 0.25) is 5.95 Å². The van der Waals surface area contributed by atoms with Crippen LogP contribution in [0.4, 0.5) is 23.1 Å². The molecular formula is C31H33N9O3. The number of fused-ring (bicyclic) bond motifs is 3. The van der Waals surface area contributed by atoms with Gasteiger partial charge in [0.05, 0.1) is 48.8 Å². The summed E-state index contributed by atoms with van der Waals surface area (Å²) in [7, 11) is 1.56. The van der Waals surface area contributed by atoms with Gasteiger partial charge in [0, 0.05) is 44.7 Å². The molecule has 7 rings (SSSR count). The number of aromatic amines is 1. The maximum Gasteiger partial charge on any atom is 0.298 e. The van der Waals surface area contributed by atoms with Crippen LogP contribution in [0.1, 0.15) is 12.8 Å². The zero-order chi connectivity index (χ0) is 29.2. The van der Waals surface area contributed by atoms with E-state index in [2.05, 4.69) is 70.1 Å². The maximum absolute atomic E-state index is 12.2. The Bertz CT molecular complexity index is 1640. The number of hydrogen-bond acceptors (Lipinski definition) is 10. The van der Waals surface area contributed by atoms with Crippen LogP contribution in [-0.2, 0) is 14.3 Å². The fraction of sp³-hybridized carbons (Fsp3) is 0.387. The lowest BCUT2D eigenvalue weighted by molar-refractivity contribution is -0.125. The molecule has 3 aliphatic rings. The molecule has 3 saturated heterocycles. The van der Waals surface area contributed by atoms with E-state index in [1.165, 1.54) is 0 Å². The third-order valence-electron chi connectivity index (χ3n) is 8.27. The average Bonchev–Trinajstić information content (AvgIpc) is 3.59. The number of benzene rings is 1. The number of morpholine rings is 1. The number of nitrogens with zero attached hydrogens (tertiary/aromatic N) is 7. The quantitative estimate of drug-likeness (QED) is 0.330. The molecule has 12 heteroatoms. The summed E-state index contributed by atoms with van der Waals surface area (Å²) in [6, 6.07) is 11.1. The molecule has 6 heterocycles. The Hall–Kier alpha value is -4.73. The zero-order valence-corrected chi connectivity index (χ0v) is 24.0. The Labute approximate surface area is 249 Å². The first-order valence-corrected chi connectivity index (χ1v) is 14.6. The molecule has 3 fully saturated rings. The van der Waals surface area contributed by atoms with Gasteiger partial charge in [-0.1, -0.05) is 18.1 Å². The molecule has 0 aliphatic carbocycles. The topological polar surface area (TPSA) is 125 Å². The molecule has 2 atom stereocenters. The third-order valence-corrected chi connectivity index (χ3v) is 8.27. The van der Waals surface area contributed by atoms with Crippen molar-refractivity contribution < 1.29 is 14.3 Å². The standard InChI is InChI=1S/C31H33N9O3/c1-42-14-2-3-28(41)38-10-12-39(13-11-38)31-32-16-23(17-33-31)36-22-6-4-21(5-7-22)27-15-26-29(37-27)34-20-35-30(26)40-24-8-9-25(40)19-43-18-24/h4-7,15-17,20,24-25,36H,8-14,18-19H2,1H3,(H,34,35,37). The van der Waals surface area contributed by atoms with Gasteiger partial charge < -0.3 is 34.5 Å². The zero-order valence-electron chi connectivity index (χ0n) is 24.0. The first kappa shape index (κ1) is 27.1. The molecule has 2 N–H and O–H groups in total. The fourth-order valence-electron chi connectivity index (χ4n) is 6.08. The van der Waals surface area contributed by atoms with Gasteiger partial charge in [-0.05, 0) is 42.5 Å². The maximum atomic E-state index is 12.2. The number of rotatable bonds is 6. The largest absolute Gasteiger partial charge is 0.377 e. The molecule has 0 radical (unpaired) electrons. The van der Waals surface area contributed by atoms with Gasteiger partial charge >= 0.3 is 0 Å². The highest BCUT2D eigenvalue weighted by molar-refractivity contribution is 5.94. The lowest BCUT2D eigenvalue weighted by Gasteiger charge is -2.35. The Kier molecular flexibility index (Phi) is 7.49. The summed E-state index contributed by atoms with van der Waals surface area (Å²) in [5.41, 5.74) is 4.63. The minimum atomic E-state index is -0.175. The van der Waals surface area contributed by atoms with E-state index in [-0.39, 0.29) is 12.5 Å². The predicted octanol–water partition coefficient (Wildman–Crippen LogP) is 2.82. The van der Waals surface area contributed by atoms with Crippen molar-refractivity contribution in [2.45, 2.75) is 24.9 Å². The number of piperazine rings is 1. The number of amides is 1. The van der Waals surface area contributed by atoms with Crippen LogP contribution in [0.25, 0.3) is 22.3 Å². The second-order valence-electron chi connectivity index (χ2n) is 11.0. The first-order valence-electron chi connectivity index (χ1n) is 14.6. The number of anilines is 4. The molecule has 3 aromatic heterocycles. The van der Waals surface area contributed by atoms with Crippen molar-refractivity contribution in [3.05, 3.63) is 49.1 Å². The summed E-state index contributed by atoms with van der Waals surface area (Å²) in [4.78, 5) is 40.2. The van der Waals surface area contributed by atoms with E-state index < -0.39 is 0 Å². The number of methoxy groups -OCH3 is 1. The minimum Gasteiger partial charge on any atom is -0.377 e. The highest BCUT2D eigenvalue weighted by Crippen LogP contribution is 2.37. The van der Waals surface area contributed by atoms with E-state index in [4.69, 9.17) is 9.47 Å². The number of H-pyrrole nitrogens is 1. The summed E-state index contributed by atoms with van der Waals surface area (Å²) < 4.78 is 10.7. The molecule has 0 spiro atoms. The van der Waals surface area contributed by atoms with Crippen LogP contribution in [0.3, 0.4) is 0 Å². The third kappa shape index (κ3) is 5.57. The van der Waals surface area contributed by atoms with Gasteiger partial charge in [-0.2, -0.15) is 0 Å². The van der Waals surface area contributed by atoms with Gasteiger partial charge in [-0.15, -0.1) is 0 Å². The van der Waals surface area contributed by atoms with Gasteiger partial charge in [-0.25, -0.2) is 19.9 Å². The van der Waals surface area contributed by atoms with Crippen molar-refractivity contribution >= 4 is 40.1 Å². The first-order chi connectivity index (χ1) is 21.2. The van der Waals surface area contributed by atoms with Gasteiger partial charge in [0.1, 0.15) is 24.4 Å². The van der Waals surface area contributed by atoms with Crippen LogP contribution >= 0.6 is 0 Å². The van der Waals surface area contributed by atoms with Crippen molar-refractivity contribution in [2.75, 3.05) is 68.2 Å². The van der Waals surface area contributed by atoms with Gasteiger partial charge in [0.15, 0.2) is 0 Å². The molecule has 12 nitrogen and oxygen atoms in total. The van der Waals surface area contributed by atoms with Crippen molar-refractivity contribution in [3.8, 4) is 23.1 Å². The summed E-state index contributed by atoms with van der Waals surface area (Å²) in [6.07, 6.45) is 7.48. The molecule has 4 aromatic rings. The van der Waals surface area contributed by atoms with Gasteiger partial charge in [0.25, 0.3) is 5.91 Å². The Morgan fingerprint density at radius 1 is 1.02 bits per heavy atom. The lowest BCUT2D eigenvalue weighted by atomic mass is 10.1. The summed E-state index contributed by atoms with van der Waals surface area (Å²) >= 11 is 0. The van der Waals surface area contributed by atoms with Crippen molar-refractivity contribution in [1.29, 1.82) is 0 Å². The van der Waals surface area contributed by atoms with Gasteiger partial charge in [-0.3, -0.25) is 4.79 Å².